The van der Waals surface area contributed by atoms with E-state index in [-0.39, 0.29) is 12.3 Å². The van der Waals surface area contributed by atoms with Gasteiger partial charge in [0.1, 0.15) is 12.2 Å². The molecule has 1 aromatic heterocycles. The van der Waals surface area contributed by atoms with Gasteiger partial charge in [-0.15, -0.1) is 0 Å². The summed E-state index contributed by atoms with van der Waals surface area (Å²) in [7, 11) is 1.63. The van der Waals surface area contributed by atoms with E-state index in [1.807, 2.05) is 6.07 Å². The summed E-state index contributed by atoms with van der Waals surface area (Å²) in [6.07, 6.45) is -0.112. The monoisotopic (exact) mass is 334 g/mol. The van der Waals surface area contributed by atoms with Crippen molar-refractivity contribution in [3.05, 3.63) is 21.0 Å². The van der Waals surface area contributed by atoms with E-state index < -0.39 is 0 Å². The van der Waals surface area contributed by atoms with Crippen molar-refractivity contribution in [1.29, 1.82) is 5.26 Å². The van der Waals surface area contributed by atoms with E-state index in [2.05, 4.69) is 31.9 Å². The first-order chi connectivity index (χ1) is 7.04. The molecule has 1 aromatic rings. The van der Waals surface area contributed by atoms with Crippen molar-refractivity contribution >= 4 is 37.8 Å². The van der Waals surface area contributed by atoms with Crippen molar-refractivity contribution in [3.8, 4) is 6.07 Å². The second-order valence-electron chi connectivity index (χ2n) is 2.92. The number of carbonyl (C=O) groups excluding carboxylic acids is 1. The average Bonchev–Trinajstić information content (AvgIpc) is 2.46. The lowest BCUT2D eigenvalue weighted by Crippen LogP contribution is -2.25. The maximum absolute atomic E-state index is 11.3. The molecule has 0 saturated carbocycles. The van der Waals surface area contributed by atoms with E-state index in [1.54, 1.807) is 13.1 Å². The minimum absolute atomic E-state index is 0.112. The molecule has 0 fully saturated rings. The van der Waals surface area contributed by atoms with Crippen LogP contribution >= 0.6 is 31.9 Å². The first kappa shape index (κ1) is 12.3. The number of carbonyl (C=O) groups is 1. The van der Waals surface area contributed by atoms with Gasteiger partial charge in [-0.05, 0) is 37.9 Å². The van der Waals surface area contributed by atoms with Crippen LogP contribution in [-0.2, 0) is 11.3 Å². The van der Waals surface area contributed by atoms with Gasteiger partial charge >= 0.3 is 0 Å². The number of rotatable bonds is 3. The van der Waals surface area contributed by atoms with Gasteiger partial charge in [-0.25, -0.2) is 0 Å². The molecule has 0 aliphatic heterocycles. The number of furan rings is 1. The van der Waals surface area contributed by atoms with Gasteiger partial charge in [0.15, 0.2) is 4.67 Å². The molecule has 1 amide bonds. The molecule has 1 rings (SSSR count). The van der Waals surface area contributed by atoms with E-state index in [4.69, 9.17) is 9.68 Å². The van der Waals surface area contributed by atoms with E-state index >= 15 is 0 Å². The molecule has 1 heterocycles. The molecule has 0 aliphatic rings. The summed E-state index contributed by atoms with van der Waals surface area (Å²) in [6, 6.07) is 3.59. The lowest BCUT2D eigenvalue weighted by molar-refractivity contribution is -0.129. The highest BCUT2D eigenvalue weighted by molar-refractivity contribution is 9.13. The van der Waals surface area contributed by atoms with Crippen molar-refractivity contribution in [3.63, 3.8) is 0 Å². The van der Waals surface area contributed by atoms with E-state index in [0.29, 0.717) is 17.0 Å². The Kier molecular flexibility index (Phi) is 4.36. The summed E-state index contributed by atoms with van der Waals surface area (Å²) in [6.45, 7) is 0.352. The highest BCUT2D eigenvalue weighted by Gasteiger charge is 2.12. The maximum Gasteiger partial charge on any atom is 0.236 e. The van der Waals surface area contributed by atoms with E-state index in [0.717, 1.165) is 4.47 Å². The third-order valence-corrected chi connectivity index (χ3v) is 3.46. The summed E-state index contributed by atoms with van der Waals surface area (Å²) in [5, 5.41) is 8.36. The van der Waals surface area contributed by atoms with Crippen molar-refractivity contribution in [2.75, 3.05) is 7.05 Å². The van der Waals surface area contributed by atoms with E-state index in [9.17, 15) is 4.79 Å². The molecular formula is C9H8Br2N2O2. The van der Waals surface area contributed by atoms with Crippen LogP contribution in [0.15, 0.2) is 19.6 Å². The Morgan fingerprint density at radius 3 is 2.80 bits per heavy atom. The largest absolute Gasteiger partial charge is 0.451 e. The van der Waals surface area contributed by atoms with Crippen LogP contribution in [0.3, 0.4) is 0 Å². The molecule has 0 aromatic carbocycles. The fourth-order valence-electron chi connectivity index (χ4n) is 0.994. The Hall–Kier alpha value is -0.800. The second-order valence-corrected chi connectivity index (χ2v) is 4.49. The molecule has 0 unspecified atom stereocenters. The predicted octanol–water partition coefficient (Wildman–Crippen LogP) is 2.68. The maximum atomic E-state index is 11.3. The van der Waals surface area contributed by atoms with Crippen LogP contribution < -0.4 is 0 Å². The van der Waals surface area contributed by atoms with Crippen LogP contribution in [0.25, 0.3) is 0 Å². The number of hydrogen-bond acceptors (Lipinski definition) is 3. The predicted molar refractivity (Wildman–Crippen MR) is 60.8 cm³/mol. The number of nitrogens with zero attached hydrogens (tertiary/aromatic N) is 2. The number of nitriles is 1. The van der Waals surface area contributed by atoms with Crippen LogP contribution in [0.2, 0.25) is 0 Å². The van der Waals surface area contributed by atoms with Crippen molar-refractivity contribution < 1.29 is 9.21 Å². The van der Waals surface area contributed by atoms with Crippen molar-refractivity contribution in [2.45, 2.75) is 13.0 Å². The quantitative estimate of drug-likeness (QED) is 0.853. The molecule has 0 aliphatic carbocycles. The first-order valence-electron chi connectivity index (χ1n) is 4.09. The number of hydrogen-bond donors (Lipinski definition) is 0. The molecule has 0 radical (unpaired) electrons. The second kappa shape index (κ2) is 5.33. The molecule has 0 atom stereocenters. The topological polar surface area (TPSA) is 57.2 Å². The zero-order valence-corrected chi connectivity index (χ0v) is 11.1. The van der Waals surface area contributed by atoms with Gasteiger partial charge in [-0.3, -0.25) is 4.79 Å². The van der Waals surface area contributed by atoms with Gasteiger partial charge in [-0.1, -0.05) is 0 Å². The Bertz CT molecular complexity index is 389. The highest BCUT2D eigenvalue weighted by atomic mass is 79.9. The zero-order chi connectivity index (χ0) is 11.4. The third kappa shape index (κ3) is 3.36. The lowest BCUT2D eigenvalue weighted by atomic mass is 10.3. The molecule has 15 heavy (non-hydrogen) atoms. The zero-order valence-electron chi connectivity index (χ0n) is 7.96. The van der Waals surface area contributed by atoms with Gasteiger partial charge in [-0.2, -0.15) is 5.26 Å². The normalized spacial score (nSPS) is 9.73. The Balaban J connectivity index is 2.63. The minimum Gasteiger partial charge on any atom is -0.451 e. The number of amides is 1. The average molecular weight is 336 g/mol. The SMILES string of the molecule is CN(Cc1cc(Br)c(Br)o1)C(=O)CC#N. The van der Waals surface area contributed by atoms with Crippen LogP contribution in [0.4, 0.5) is 0 Å². The molecule has 80 valence electrons. The van der Waals surface area contributed by atoms with Gasteiger partial charge in [0, 0.05) is 7.05 Å². The highest BCUT2D eigenvalue weighted by Crippen LogP contribution is 2.27. The van der Waals surface area contributed by atoms with Crippen LogP contribution in [-0.4, -0.2) is 17.9 Å². The molecule has 0 spiro atoms. The summed E-state index contributed by atoms with van der Waals surface area (Å²) in [5.41, 5.74) is 0. The van der Waals surface area contributed by atoms with Gasteiger partial charge in [0.2, 0.25) is 5.91 Å². The van der Waals surface area contributed by atoms with Crippen LogP contribution in [0.1, 0.15) is 12.2 Å². The van der Waals surface area contributed by atoms with Crippen molar-refractivity contribution in [2.24, 2.45) is 0 Å². The first-order valence-corrected chi connectivity index (χ1v) is 5.67. The molecule has 0 saturated heterocycles. The molecule has 0 N–H and O–H groups in total. The Morgan fingerprint density at radius 1 is 1.67 bits per heavy atom. The van der Waals surface area contributed by atoms with Crippen molar-refractivity contribution in [1.82, 2.24) is 4.90 Å². The van der Waals surface area contributed by atoms with Crippen LogP contribution in [0, 0.1) is 11.3 Å². The minimum atomic E-state index is -0.221. The third-order valence-electron chi connectivity index (χ3n) is 1.75. The molecule has 0 bridgehead atoms. The molecular weight excluding hydrogens is 328 g/mol. The fraction of sp³-hybridized carbons (Fsp3) is 0.333. The Labute approximate surface area is 104 Å². The smallest absolute Gasteiger partial charge is 0.236 e. The van der Waals surface area contributed by atoms with Gasteiger partial charge < -0.3 is 9.32 Å². The lowest BCUT2D eigenvalue weighted by Gasteiger charge is -2.13. The van der Waals surface area contributed by atoms with Gasteiger partial charge in [0.25, 0.3) is 0 Å². The summed E-state index contributed by atoms with van der Waals surface area (Å²) >= 11 is 6.48. The fourth-order valence-corrected chi connectivity index (χ4v) is 1.65. The molecule has 4 nitrogen and oxygen atoms in total. The summed E-state index contributed by atoms with van der Waals surface area (Å²) < 4.78 is 6.71. The van der Waals surface area contributed by atoms with Gasteiger partial charge in [0.05, 0.1) is 17.1 Å². The van der Waals surface area contributed by atoms with Crippen LogP contribution in [0.5, 0.6) is 0 Å². The Morgan fingerprint density at radius 2 is 2.33 bits per heavy atom. The molecule has 6 heteroatoms. The standard InChI is InChI=1S/C9H8Br2N2O2/c1-13(8(14)2-3-12)5-6-4-7(10)9(11)15-6/h4H,2,5H2,1H3. The number of halogens is 2. The summed E-state index contributed by atoms with van der Waals surface area (Å²) in [5.74, 6) is 0.434. The summed E-state index contributed by atoms with van der Waals surface area (Å²) in [4.78, 5) is 12.7. The van der Waals surface area contributed by atoms with E-state index in [1.165, 1.54) is 4.90 Å².